The molecule has 1 heterocycles. The topological polar surface area (TPSA) is 69.0 Å². The van der Waals surface area contributed by atoms with Crippen LogP contribution in [0.3, 0.4) is 0 Å². The molecule has 1 aromatic heterocycles. The van der Waals surface area contributed by atoms with Crippen LogP contribution in [-0.2, 0) is 17.8 Å². The maximum absolute atomic E-state index is 12.1. The van der Waals surface area contributed by atoms with Gasteiger partial charge in [-0.3, -0.25) is 4.79 Å². The molecule has 0 unspecified atom stereocenters. The molecule has 0 radical (unpaired) electrons. The van der Waals surface area contributed by atoms with Crippen molar-refractivity contribution in [3.63, 3.8) is 0 Å². The van der Waals surface area contributed by atoms with Crippen molar-refractivity contribution >= 4 is 11.6 Å². The first-order chi connectivity index (χ1) is 12.9. The minimum absolute atomic E-state index is 0.0347. The third kappa shape index (κ3) is 5.84. The van der Waals surface area contributed by atoms with E-state index in [1.807, 2.05) is 12.1 Å². The van der Waals surface area contributed by atoms with Crippen LogP contribution < -0.4 is 10.1 Å². The fourth-order valence-corrected chi connectivity index (χ4v) is 2.39. The first kappa shape index (κ1) is 18.4. The lowest BCUT2D eigenvalue weighted by atomic mass is 10.1. The molecule has 0 aliphatic rings. The summed E-state index contributed by atoms with van der Waals surface area (Å²) in [5, 5.41) is 6.76. The predicted octanol–water partition coefficient (Wildman–Crippen LogP) is 3.41. The van der Waals surface area contributed by atoms with Crippen LogP contribution in [0.15, 0.2) is 61.2 Å². The van der Waals surface area contributed by atoms with E-state index in [1.165, 1.54) is 30.6 Å². The van der Waals surface area contributed by atoms with Crippen LogP contribution in [0.4, 0.5) is 18.9 Å². The Hall–Kier alpha value is -3.36. The summed E-state index contributed by atoms with van der Waals surface area (Å²) < 4.78 is 41.9. The summed E-state index contributed by atoms with van der Waals surface area (Å²) in [6.07, 6.45) is -1.64. The van der Waals surface area contributed by atoms with E-state index in [0.29, 0.717) is 17.8 Å². The van der Waals surface area contributed by atoms with Crippen LogP contribution in [0.5, 0.6) is 5.75 Å². The van der Waals surface area contributed by atoms with Crippen LogP contribution in [0.25, 0.3) is 0 Å². The van der Waals surface area contributed by atoms with Crippen LogP contribution in [0.2, 0.25) is 0 Å². The van der Waals surface area contributed by atoms with Gasteiger partial charge in [-0.2, -0.15) is 5.10 Å². The van der Waals surface area contributed by atoms with Gasteiger partial charge in [-0.25, -0.2) is 9.67 Å². The van der Waals surface area contributed by atoms with Crippen molar-refractivity contribution in [3.05, 3.63) is 72.3 Å². The highest BCUT2D eigenvalue weighted by Gasteiger charge is 2.30. The number of nitrogens with one attached hydrogen (secondary N) is 1. The van der Waals surface area contributed by atoms with E-state index in [9.17, 15) is 18.0 Å². The van der Waals surface area contributed by atoms with Gasteiger partial charge in [0.15, 0.2) is 0 Å². The number of nitrogens with zero attached hydrogens (tertiary/aromatic N) is 3. The Bertz CT molecular complexity index is 876. The van der Waals surface area contributed by atoms with Crippen molar-refractivity contribution < 1.29 is 22.7 Å². The van der Waals surface area contributed by atoms with Gasteiger partial charge in [0.25, 0.3) is 0 Å². The highest BCUT2D eigenvalue weighted by Crippen LogP contribution is 2.23. The Morgan fingerprint density at radius 3 is 2.30 bits per heavy atom. The second-order valence-electron chi connectivity index (χ2n) is 5.71. The first-order valence-corrected chi connectivity index (χ1v) is 7.93. The lowest BCUT2D eigenvalue weighted by Gasteiger charge is -2.10. The maximum Gasteiger partial charge on any atom is 0.573 e. The fraction of sp³-hybridized carbons (Fsp3) is 0.167. The Labute approximate surface area is 152 Å². The monoisotopic (exact) mass is 376 g/mol. The number of halogens is 3. The van der Waals surface area contributed by atoms with Gasteiger partial charge in [0.1, 0.15) is 18.4 Å². The molecule has 3 aromatic rings. The molecule has 9 heteroatoms. The molecule has 140 valence electrons. The second kappa shape index (κ2) is 7.90. The molecule has 0 fully saturated rings. The molecule has 0 atom stereocenters. The molecular formula is C18H15F3N4O2. The fourth-order valence-electron chi connectivity index (χ4n) is 2.39. The quantitative estimate of drug-likeness (QED) is 0.716. The van der Waals surface area contributed by atoms with Gasteiger partial charge in [0, 0.05) is 5.69 Å². The Morgan fingerprint density at radius 1 is 1.04 bits per heavy atom. The van der Waals surface area contributed by atoms with E-state index < -0.39 is 6.36 Å². The first-order valence-electron chi connectivity index (χ1n) is 7.93. The third-order valence-electron chi connectivity index (χ3n) is 3.57. The highest BCUT2D eigenvalue weighted by atomic mass is 19.4. The largest absolute Gasteiger partial charge is 0.573 e. The van der Waals surface area contributed by atoms with Crippen LogP contribution in [0, 0.1) is 0 Å². The number of benzene rings is 2. The molecule has 0 aliphatic carbocycles. The van der Waals surface area contributed by atoms with E-state index >= 15 is 0 Å². The number of hydrogen-bond acceptors (Lipinski definition) is 4. The van der Waals surface area contributed by atoms with E-state index in [1.54, 1.807) is 23.1 Å². The van der Waals surface area contributed by atoms with Gasteiger partial charge < -0.3 is 10.1 Å². The maximum atomic E-state index is 12.1. The summed E-state index contributed by atoms with van der Waals surface area (Å²) in [5.41, 5.74) is 2.20. The smallest absolute Gasteiger partial charge is 0.406 e. The van der Waals surface area contributed by atoms with Gasteiger partial charge >= 0.3 is 6.36 Å². The Kier molecular flexibility index (Phi) is 5.39. The molecule has 0 saturated carbocycles. The summed E-state index contributed by atoms with van der Waals surface area (Å²) >= 11 is 0. The lowest BCUT2D eigenvalue weighted by molar-refractivity contribution is -0.274. The lowest BCUT2D eigenvalue weighted by Crippen LogP contribution is -2.17. The average molecular weight is 376 g/mol. The molecule has 0 bridgehead atoms. The van der Waals surface area contributed by atoms with Gasteiger partial charge in [-0.1, -0.05) is 24.3 Å². The summed E-state index contributed by atoms with van der Waals surface area (Å²) in [6.45, 7) is 0.570. The number of carbonyl (C=O) groups excluding carboxylic acids is 1. The van der Waals surface area contributed by atoms with E-state index in [2.05, 4.69) is 20.1 Å². The number of anilines is 1. The number of alkyl halides is 3. The van der Waals surface area contributed by atoms with Crippen LogP contribution >= 0.6 is 0 Å². The summed E-state index contributed by atoms with van der Waals surface area (Å²) in [5.74, 6) is -0.599. The van der Waals surface area contributed by atoms with Crippen molar-refractivity contribution in [2.45, 2.75) is 19.3 Å². The number of rotatable bonds is 6. The van der Waals surface area contributed by atoms with Crippen LogP contribution in [-0.4, -0.2) is 27.0 Å². The zero-order valence-electron chi connectivity index (χ0n) is 14.0. The van der Waals surface area contributed by atoms with Crippen molar-refractivity contribution in [2.75, 3.05) is 5.32 Å². The standard InChI is InChI=1S/C18H15F3N4O2/c19-18(20,21)27-16-7-3-13(4-8-16)9-17(26)24-15-5-1-14(2-6-15)10-25-12-22-11-23-25/h1-8,11-12H,9-10H2,(H,24,26). The molecule has 0 aliphatic heterocycles. The van der Waals surface area contributed by atoms with Gasteiger partial charge in [-0.05, 0) is 35.4 Å². The summed E-state index contributed by atoms with van der Waals surface area (Å²) in [6, 6.07) is 12.4. The van der Waals surface area contributed by atoms with Gasteiger partial charge in [0.05, 0.1) is 13.0 Å². The van der Waals surface area contributed by atoms with Gasteiger partial charge in [-0.15, -0.1) is 13.2 Å². The molecular weight excluding hydrogens is 361 g/mol. The Balaban J connectivity index is 1.53. The minimum atomic E-state index is -4.74. The summed E-state index contributed by atoms with van der Waals surface area (Å²) in [4.78, 5) is 16.0. The average Bonchev–Trinajstić information content (AvgIpc) is 3.10. The zero-order valence-corrected chi connectivity index (χ0v) is 14.0. The molecule has 2 aromatic carbocycles. The minimum Gasteiger partial charge on any atom is -0.406 e. The predicted molar refractivity (Wildman–Crippen MR) is 91.0 cm³/mol. The van der Waals surface area contributed by atoms with Crippen LogP contribution in [0.1, 0.15) is 11.1 Å². The number of amides is 1. The second-order valence-corrected chi connectivity index (χ2v) is 5.71. The van der Waals surface area contributed by atoms with Crippen molar-refractivity contribution in [3.8, 4) is 5.75 Å². The van der Waals surface area contributed by atoms with Crippen molar-refractivity contribution in [2.24, 2.45) is 0 Å². The van der Waals surface area contributed by atoms with Crippen molar-refractivity contribution in [1.82, 2.24) is 14.8 Å². The molecule has 3 rings (SSSR count). The highest BCUT2D eigenvalue weighted by molar-refractivity contribution is 5.92. The van der Waals surface area contributed by atoms with Gasteiger partial charge in [0.2, 0.25) is 5.91 Å². The molecule has 27 heavy (non-hydrogen) atoms. The molecule has 6 nitrogen and oxygen atoms in total. The SMILES string of the molecule is O=C(Cc1ccc(OC(F)(F)F)cc1)Nc1ccc(Cn2cncn2)cc1. The Morgan fingerprint density at radius 2 is 1.70 bits per heavy atom. The zero-order chi connectivity index (χ0) is 19.3. The number of aromatic nitrogens is 3. The third-order valence-corrected chi connectivity index (χ3v) is 3.57. The van der Waals surface area contributed by atoms with Crippen molar-refractivity contribution in [1.29, 1.82) is 0 Å². The van der Waals surface area contributed by atoms with E-state index in [0.717, 1.165) is 5.56 Å². The summed E-state index contributed by atoms with van der Waals surface area (Å²) in [7, 11) is 0. The normalized spacial score (nSPS) is 11.2. The number of carbonyl (C=O) groups is 1. The number of ether oxygens (including phenoxy) is 1. The number of hydrogen-bond donors (Lipinski definition) is 1. The molecule has 0 saturated heterocycles. The molecule has 1 N–H and O–H groups in total. The molecule has 0 spiro atoms. The van der Waals surface area contributed by atoms with E-state index in [-0.39, 0.29) is 18.1 Å². The van der Waals surface area contributed by atoms with E-state index in [4.69, 9.17) is 0 Å². The molecule has 1 amide bonds.